The molecule has 0 rings (SSSR count). The minimum Gasteiger partial charge on any atom is -0.481 e. The van der Waals surface area contributed by atoms with Gasteiger partial charge in [-0.2, -0.15) is 0 Å². The van der Waals surface area contributed by atoms with E-state index in [2.05, 4.69) is 6.92 Å². The van der Waals surface area contributed by atoms with Gasteiger partial charge in [-0.05, 0) is 12.8 Å². The fourth-order valence-corrected chi connectivity index (χ4v) is 3.99. The van der Waals surface area contributed by atoms with E-state index in [0.29, 0.717) is 17.4 Å². The zero-order valence-corrected chi connectivity index (χ0v) is 10.8. The van der Waals surface area contributed by atoms with Gasteiger partial charge in [0, 0.05) is 17.4 Å². The molecule has 1 unspecified atom stereocenters. The van der Waals surface area contributed by atoms with Gasteiger partial charge in [0.2, 0.25) is 0 Å². The molecule has 0 aromatic rings. The Morgan fingerprint density at radius 1 is 1.53 bits per heavy atom. The Balaban J connectivity index is 3.62. The molecule has 5 heteroatoms. The maximum Gasteiger partial charge on any atom is 0.307 e. The van der Waals surface area contributed by atoms with Crippen LogP contribution in [-0.4, -0.2) is 28.4 Å². The lowest BCUT2D eigenvalue weighted by molar-refractivity contribution is -0.140. The Labute approximate surface area is 98.8 Å². The summed E-state index contributed by atoms with van der Waals surface area (Å²) in [6.07, 6.45) is 3.44. The van der Waals surface area contributed by atoms with Crippen LogP contribution in [0.15, 0.2) is 0 Å². The number of carboxylic acids is 1. The maximum absolute atomic E-state index is 10.5. The first kappa shape index (κ1) is 14.8. The maximum atomic E-state index is 10.5. The number of aliphatic carboxylic acids is 1. The van der Waals surface area contributed by atoms with Crippen molar-refractivity contribution in [2.45, 2.75) is 38.4 Å². The van der Waals surface area contributed by atoms with Gasteiger partial charge in [-0.15, -0.1) is 0 Å². The Morgan fingerprint density at radius 2 is 2.20 bits per heavy atom. The average molecular weight is 250 g/mol. The zero-order valence-electron chi connectivity index (χ0n) is 9.14. The van der Waals surface area contributed by atoms with E-state index >= 15 is 0 Å². The van der Waals surface area contributed by atoms with Gasteiger partial charge in [0.25, 0.3) is 0 Å². The van der Waals surface area contributed by atoms with Crippen molar-refractivity contribution in [1.82, 2.24) is 0 Å². The Bertz CT molecular complexity index is 197. The molecule has 0 heterocycles. The second kappa shape index (κ2) is 9.09. The normalized spacial score (nSPS) is 14.5. The zero-order chi connectivity index (χ0) is 11.7. The summed E-state index contributed by atoms with van der Waals surface area (Å²) in [5, 5.41) is 9.14. The lowest BCUT2D eigenvalue weighted by Crippen LogP contribution is -2.11. The van der Waals surface area contributed by atoms with Crippen LogP contribution < -0.4 is 0 Å². The molecule has 0 amide bonds. The summed E-state index contributed by atoms with van der Waals surface area (Å²) < 4.78 is 0. The second-order valence-corrected chi connectivity index (χ2v) is 6.11. The van der Waals surface area contributed by atoms with Crippen LogP contribution in [0.1, 0.15) is 33.1 Å². The van der Waals surface area contributed by atoms with Crippen LogP contribution in [0.3, 0.4) is 0 Å². The molecule has 0 aromatic heterocycles. The van der Waals surface area contributed by atoms with Crippen LogP contribution in [0, 0.1) is 5.92 Å². The number of hydrogen-bond acceptors (Lipinski definition) is 4. The molecule has 0 aliphatic rings. The minimum absolute atomic E-state index is 0.300. The van der Waals surface area contributed by atoms with Crippen LogP contribution in [0.4, 0.5) is 0 Å². The smallest absolute Gasteiger partial charge is 0.307 e. The molecule has 0 aliphatic carbocycles. The SMILES string of the molecule is CCC(CCC=O)SSC[C@H](C)C(=O)O. The molecule has 0 bridgehead atoms. The lowest BCUT2D eigenvalue weighted by Gasteiger charge is -2.12. The number of carbonyl (C=O) groups excluding carboxylic acids is 1. The van der Waals surface area contributed by atoms with E-state index in [4.69, 9.17) is 5.11 Å². The summed E-state index contributed by atoms with van der Waals surface area (Å²) in [7, 11) is 3.29. The predicted molar refractivity (Wildman–Crippen MR) is 66.2 cm³/mol. The van der Waals surface area contributed by atoms with Crippen molar-refractivity contribution in [3.63, 3.8) is 0 Å². The van der Waals surface area contributed by atoms with Crippen molar-refractivity contribution in [2.24, 2.45) is 5.92 Å². The molecule has 15 heavy (non-hydrogen) atoms. The summed E-state index contributed by atoms with van der Waals surface area (Å²) in [6, 6.07) is 0. The van der Waals surface area contributed by atoms with E-state index in [1.54, 1.807) is 28.5 Å². The molecule has 0 saturated carbocycles. The number of rotatable bonds is 9. The van der Waals surface area contributed by atoms with Gasteiger partial charge in [-0.1, -0.05) is 35.4 Å². The first-order chi connectivity index (χ1) is 7.11. The van der Waals surface area contributed by atoms with Crippen molar-refractivity contribution in [3.8, 4) is 0 Å². The van der Waals surface area contributed by atoms with E-state index in [-0.39, 0.29) is 5.92 Å². The highest BCUT2D eigenvalue weighted by Gasteiger charge is 2.13. The number of aldehydes is 1. The molecular weight excluding hydrogens is 232 g/mol. The molecule has 0 aromatic carbocycles. The molecular formula is C10H18O3S2. The third-order valence-electron chi connectivity index (χ3n) is 2.01. The van der Waals surface area contributed by atoms with Crippen LogP contribution in [-0.2, 0) is 9.59 Å². The summed E-state index contributed by atoms with van der Waals surface area (Å²) in [6.45, 7) is 3.80. The largest absolute Gasteiger partial charge is 0.481 e. The quantitative estimate of drug-likeness (QED) is 0.504. The highest BCUT2D eigenvalue weighted by Crippen LogP contribution is 2.32. The van der Waals surface area contributed by atoms with E-state index in [0.717, 1.165) is 19.1 Å². The Hall–Kier alpha value is -0.160. The summed E-state index contributed by atoms with van der Waals surface area (Å²) >= 11 is 0. The van der Waals surface area contributed by atoms with E-state index in [1.165, 1.54) is 0 Å². The van der Waals surface area contributed by atoms with Crippen molar-refractivity contribution < 1.29 is 14.7 Å². The monoisotopic (exact) mass is 250 g/mol. The topological polar surface area (TPSA) is 54.4 Å². The van der Waals surface area contributed by atoms with E-state index in [1.807, 2.05) is 0 Å². The first-order valence-corrected chi connectivity index (χ1v) is 7.44. The molecule has 0 radical (unpaired) electrons. The Kier molecular flexibility index (Phi) is 9.00. The van der Waals surface area contributed by atoms with Crippen LogP contribution >= 0.6 is 21.6 Å². The fourth-order valence-electron chi connectivity index (χ4n) is 0.883. The summed E-state index contributed by atoms with van der Waals surface area (Å²) in [5.74, 6) is -0.424. The van der Waals surface area contributed by atoms with Crippen molar-refractivity contribution in [2.75, 3.05) is 5.75 Å². The fraction of sp³-hybridized carbons (Fsp3) is 0.800. The van der Waals surface area contributed by atoms with Crippen molar-refractivity contribution in [1.29, 1.82) is 0 Å². The van der Waals surface area contributed by atoms with E-state index < -0.39 is 5.97 Å². The van der Waals surface area contributed by atoms with Crippen molar-refractivity contribution in [3.05, 3.63) is 0 Å². The van der Waals surface area contributed by atoms with Crippen LogP contribution in [0.5, 0.6) is 0 Å². The Morgan fingerprint density at radius 3 is 2.67 bits per heavy atom. The molecule has 0 spiro atoms. The minimum atomic E-state index is -0.746. The molecule has 2 atom stereocenters. The summed E-state index contributed by atoms with van der Waals surface area (Å²) in [4.78, 5) is 20.8. The summed E-state index contributed by atoms with van der Waals surface area (Å²) in [5.41, 5.74) is 0. The van der Waals surface area contributed by atoms with Gasteiger partial charge >= 0.3 is 5.97 Å². The third kappa shape index (κ3) is 7.73. The van der Waals surface area contributed by atoms with Crippen molar-refractivity contribution >= 4 is 33.8 Å². The molecule has 0 saturated heterocycles. The highest BCUT2D eigenvalue weighted by molar-refractivity contribution is 8.76. The van der Waals surface area contributed by atoms with Gasteiger partial charge < -0.3 is 9.90 Å². The lowest BCUT2D eigenvalue weighted by atomic mass is 10.2. The average Bonchev–Trinajstić information content (AvgIpc) is 2.22. The van der Waals surface area contributed by atoms with Gasteiger partial charge in [0.05, 0.1) is 5.92 Å². The number of carboxylic acid groups (broad SMARTS) is 1. The van der Waals surface area contributed by atoms with Crippen LogP contribution in [0.25, 0.3) is 0 Å². The van der Waals surface area contributed by atoms with Crippen LogP contribution in [0.2, 0.25) is 0 Å². The first-order valence-electron chi connectivity index (χ1n) is 5.06. The number of carbonyl (C=O) groups is 2. The predicted octanol–water partition coefficient (Wildman–Crippen LogP) is 2.85. The highest BCUT2D eigenvalue weighted by atomic mass is 33.1. The van der Waals surface area contributed by atoms with E-state index in [9.17, 15) is 9.59 Å². The molecule has 0 aliphatic heterocycles. The van der Waals surface area contributed by atoms with Gasteiger partial charge in [-0.25, -0.2) is 0 Å². The molecule has 1 N–H and O–H groups in total. The number of hydrogen-bond donors (Lipinski definition) is 1. The molecule has 88 valence electrons. The van der Waals surface area contributed by atoms with Gasteiger partial charge in [0.1, 0.15) is 6.29 Å². The molecule has 0 fully saturated rings. The third-order valence-corrected chi connectivity index (χ3v) is 5.25. The molecule has 3 nitrogen and oxygen atoms in total. The standard InChI is InChI=1S/C10H18O3S2/c1-3-9(5-4-6-11)15-14-7-8(2)10(12)13/h6,8-9H,3-5,7H2,1-2H3,(H,12,13)/t8-,9?/m0/s1. The second-order valence-electron chi connectivity index (χ2n) is 3.39. The van der Waals surface area contributed by atoms with Gasteiger partial charge in [-0.3, -0.25) is 4.79 Å². The van der Waals surface area contributed by atoms with Gasteiger partial charge in [0.15, 0.2) is 0 Å².